The van der Waals surface area contributed by atoms with E-state index in [0.29, 0.717) is 5.95 Å². The van der Waals surface area contributed by atoms with E-state index in [1.165, 1.54) is 18.5 Å². The average molecular weight is 397 g/mol. The first-order valence-corrected chi connectivity index (χ1v) is 9.61. The Morgan fingerprint density at radius 2 is 1.73 bits per heavy atom. The van der Waals surface area contributed by atoms with Gasteiger partial charge in [0, 0.05) is 23.5 Å². The molecule has 2 aromatic heterocycles. The van der Waals surface area contributed by atoms with E-state index in [-0.39, 0.29) is 18.0 Å². The van der Waals surface area contributed by atoms with Crippen LogP contribution in [0.2, 0.25) is 0 Å². The number of fused-ring (bicyclic) bond motifs is 3. The number of hydrogen-bond donors (Lipinski definition) is 1. The number of nitrogens with zero attached hydrogens (tertiary/aromatic N) is 4. The second-order valence-corrected chi connectivity index (χ2v) is 7.21. The van der Waals surface area contributed by atoms with Crippen LogP contribution in [0.25, 0.3) is 5.70 Å². The molecule has 6 rings (SSSR count). The van der Waals surface area contributed by atoms with Crippen molar-refractivity contribution < 1.29 is 9.13 Å². The number of ether oxygens (including phenoxy) is 1. The maximum Gasteiger partial charge on any atom is 0.226 e. The van der Waals surface area contributed by atoms with Gasteiger partial charge in [0.05, 0.1) is 5.70 Å². The van der Waals surface area contributed by atoms with E-state index in [9.17, 15) is 4.39 Å². The Balaban J connectivity index is 1.63. The van der Waals surface area contributed by atoms with Gasteiger partial charge in [-0.2, -0.15) is 10.1 Å². The number of pyridine rings is 1. The highest BCUT2D eigenvalue weighted by Gasteiger charge is 2.40. The minimum absolute atomic E-state index is 0.281. The molecule has 4 aromatic rings. The van der Waals surface area contributed by atoms with Crippen LogP contribution in [-0.4, -0.2) is 19.7 Å². The molecule has 2 aromatic carbocycles. The monoisotopic (exact) mass is 397 g/mol. The Hall–Kier alpha value is -4.00. The molecule has 7 heteroatoms. The maximum atomic E-state index is 13.7. The molecule has 0 unspecified atom stereocenters. The molecular weight excluding hydrogens is 381 g/mol. The lowest BCUT2D eigenvalue weighted by atomic mass is 9.85. The molecule has 2 aliphatic heterocycles. The van der Waals surface area contributed by atoms with Gasteiger partial charge in [0.25, 0.3) is 0 Å². The summed E-state index contributed by atoms with van der Waals surface area (Å²) in [5.41, 5.74) is 4.76. The zero-order chi connectivity index (χ0) is 20.1. The van der Waals surface area contributed by atoms with E-state index in [4.69, 9.17) is 4.74 Å². The second kappa shape index (κ2) is 6.52. The second-order valence-electron chi connectivity index (χ2n) is 7.21. The van der Waals surface area contributed by atoms with Gasteiger partial charge < -0.3 is 10.1 Å². The van der Waals surface area contributed by atoms with Gasteiger partial charge in [-0.3, -0.25) is 4.98 Å². The zero-order valence-electron chi connectivity index (χ0n) is 15.7. The number of hydrogen-bond acceptors (Lipinski definition) is 5. The van der Waals surface area contributed by atoms with Gasteiger partial charge in [-0.15, -0.1) is 0 Å². The lowest BCUT2D eigenvalue weighted by Crippen LogP contribution is -2.32. The van der Waals surface area contributed by atoms with Gasteiger partial charge in [0.2, 0.25) is 5.95 Å². The Kier molecular flexibility index (Phi) is 3.67. The van der Waals surface area contributed by atoms with E-state index >= 15 is 0 Å². The van der Waals surface area contributed by atoms with Crippen molar-refractivity contribution in [3.05, 3.63) is 107 Å². The van der Waals surface area contributed by atoms with E-state index in [1.54, 1.807) is 24.5 Å². The Bertz CT molecular complexity index is 1270. The highest BCUT2D eigenvalue weighted by Crippen LogP contribution is 2.50. The van der Waals surface area contributed by atoms with Crippen LogP contribution in [0.1, 0.15) is 28.8 Å². The van der Waals surface area contributed by atoms with Crippen molar-refractivity contribution in [3.63, 3.8) is 0 Å². The highest BCUT2D eigenvalue weighted by atomic mass is 19.1. The first-order valence-electron chi connectivity index (χ1n) is 9.61. The average Bonchev–Trinajstić information content (AvgIpc) is 3.27. The SMILES string of the molecule is Fc1ccc([C@@H]2C3=C(Nc4ncnn42)c2ccccc2O[C@H]3c2ccncc2)cc1. The first kappa shape index (κ1) is 16.9. The molecule has 2 aliphatic rings. The van der Waals surface area contributed by atoms with E-state index in [2.05, 4.69) is 20.4 Å². The molecular formula is C23H16FN5O. The Labute approximate surface area is 171 Å². The lowest BCUT2D eigenvalue weighted by molar-refractivity contribution is 0.223. The summed E-state index contributed by atoms with van der Waals surface area (Å²) >= 11 is 0. The van der Waals surface area contributed by atoms with Gasteiger partial charge >= 0.3 is 0 Å². The number of anilines is 1. The van der Waals surface area contributed by atoms with Gasteiger partial charge in [0.1, 0.15) is 30.0 Å². The molecule has 4 heterocycles. The van der Waals surface area contributed by atoms with Crippen LogP contribution in [0.3, 0.4) is 0 Å². The normalized spacial score (nSPS) is 19.2. The molecule has 0 saturated heterocycles. The zero-order valence-corrected chi connectivity index (χ0v) is 15.7. The van der Waals surface area contributed by atoms with Crippen molar-refractivity contribution in [1.29, 1.82) is 0 Å². The van der Waals surface area contributed by atoms with E-state index in [0.717, 1.165) is 33.7 Å². The molecule has 0 saturated carbocycles. The fraction of sp³-hybridized carbons (Fsp3) is 0.0870. The summed E-state index contributed by atoms with van der Waals surface area (Å²) in [5, 5.41) is 7.90. The Morgan fingerprint density at radius 1 is 0.933 bits per heavy atom. The van der Waals surface area contributed by atoms with Crippen molar-refractivity contribution in [2.75, 3.05) is 5.32 Å². The standard InChI is InChI=1S/C23H16FN5O/c24-16-7-5-14(6-8-16)21-19-20(28-23-26-13-27-29(21)23)17-3-1-2-4-18(17)30-22(19)15-9-11-25-12-10-15/h1-13,21-22H,(H,26,27,28)/t21-,22+/m1/s1. The van der Waals surface area contributed by atoms with Gasteiger partial charge in [-0.05, 0) is 47.5 Å². The fourth-order valence-corrected chi connectivity index (χ4v) is 4.20. The maximum absolute atomic E-state index is 13.7. The summed E-state index contributed by atoms with van der Waals surface area (Å²) in [6, 6.07) is 18.0. The third-order valence-corrected chi connectivity index (χ3v) is 5.52. The third-order valence-electron chi connectivity index (χ3n) is 5.52. The van der Waals surface area contributed by atoms with Gasteiger partial charge in [-0.25, -0.2) is 9.07 Å². The van der Waals surface area contributed by atoms with Crippen LogP contribution in [0.5, 0.6) is 5.75 Å². The minimum Gasteiger partial charge on any atom is -0.480 e. The van der Waals surface area contributed by atoms with E-state index < -0.39 is 0 Å². The van der Waals surface area contributed by atoms with Crippen LogP contribution in [-0.2, 0) is 0 Å². The summed E-state index contributed by atoms with van der Waals surface area (Å²) < 4.78 is 22.0. The van der Waals surface area contributed by atoms with Gasteiger partial charge in [-0.1, -0.05) is 24.3 Å². The minimum atomic E-state index is -0.363. The number of aromatic nitrogens is 4. The molecule has 0 radical (unpaired) electrons. The molecule has 0 spiro atoms. The molecule has 0 amide bonds. The van der Waals surface area contributed by atoms with E-state index in [1.807, 2.05) is 41.1 Å². The fourth-order valence-electron chi connectivity index (χ4n) is 4.20. The Morgan fingerprint density at radius 3 is 2.57 bits per heavy atom. The third kappa shape index (κ3) is 2.52. The number of rotatable bonds is 2. The molecule has 146 valence electrons. The van der Waals surface area contributed by atoms with Crippen LogP contribution >= 0.6 is 0 Å². The number of nitrogens with one attached hydrogen (secondary N) is 1. The smallest absolute Gasteiger partial charge is 0.226 e. The van der Waals surface area contributed by atoms with Crippen molar-refractivity contribution in [1.82, 2.24) is 19.7 Å². The van der Waals surface area contributed by atoms with Crippen molar-refractivity contribution in [2.45, 2.75) is 12.1 Å². The first-order chi connectivity index (χ1) is 14.8. The summed E-state index contributed by atoms with van der Waals surface area (Å²) in [6.45, 7) is 0. The summed E-state index contributed by atoms with van der Waals surface area (Å²) in [7, 11) is 0. The van der Waals surface area contributed by atoms with Crippen molar-refractivity contribution >= 4 is 11.6 Å². The molecule has 6 nitrogen and oxygen atoms in total. The van der Waals surface area contributed by atoms with Crippen molar-refractivity contribution in [3.8, 4) is 5.75 Å². The number of halogens is 1. The number of para-hydroxylation sites is 1. The molecule has 30 heavy (non-hydrogen) atoms. The quantitative estimate of drug-likeness (QED) is 0.544. The number of benzene rings is 2. The predicted octanol–water partition coefficient (Wildman–Crippen LogP) is 4.37. The largest absolute Gasteiger partial charge is 0.480 e. The predicted molar refractivity (Wildman–Crippen MR) is 109 cm³/mol. The molecule has 0 fully saturated rings. The highest BCUT2D eigenvalue weighted by molar-refractivity contribution is 5.85. The van der Waals surface area contributed by atoms with Crippen LogP contribution in [0.4, 0.5) is 10.3 Å². The van der Waals surface area contributed by atoms with Crippen LogP contribution < -0.4 is 10.1 Å². The molecule has 0 bridgehead atoms. The van der Waals surface area contributed by atoms with Gasteiger partial charge in [0.15, 0.2) is 0 Å². The lowest BCUT2D eigenvalue weighted by Gasteiger charge is -2.38. The molecule has 2 atom stereocenters. The summed E-state index contributed by atoms with van der Waals surface area (Å²) in [4.78, 5) is 8.54. The topological polar surface area (TPSA) is 64.9 Å². The van der Waals surface area contributed by atoms with Crippen molar-refractivity contribution in [2.24, 2.45) is 0 Å². The van der Waals surface area contributed by atoms with Crippen LogP contribution in [0.15, 0.2) is 85.0 Å². The van der Waals surface area contributed by atoms with Crippen LogP contribution in [0, 0.1) is 5.82 Å². The summed E-state index contributed by atoms with van der Waals surface area (Å²) in [6.07, 6.45) is 4.66. The molecule has 0 aliphatic carbocycles. The summed E-state index contributed by atoms with van der Waals surface area (Å²) in [5.74, 6) is 1.14. The molecule has 1 N–H and O–H groups in total.